The van der Waals surface area contributed by atoms with Crippen molar-refractivity contribution in [1.29, 1.82) is 0 Å². The Bertz CT molecular complexity index is 942. The van der Waals surface area contributed by atoms with E-state index in [4.69, 9.17) is 19.4 Å². The zero-order chi connectivity index (χ0) is 23.3. The van der Waals surface area contributed by atoms with Crippen LogP contribution in [0.3, 0.4) is 0 Å². The van der Waals surface area contributed by atoms with E-state index >= 15 is 0 Å². The number of amides is 1. The summed E-state index contributed by atoms with van der Waals surface area (Å²) in [5, 5.41) is 7.12. The second kappa shape index (κ2) is 9.94. The van der Waals surface area contributed by atoms with Gasteiger partial charge < -0.3 is 19.5 Å². The van der Waals surface area contributed by atoms with Gasteiger partial charge in [0, 0.05) is 31.2 Å². The van der Waals surface area contributed by atoms with Gasteiger partial charge in [0.15, 0.2) is 0 Å². The van der Waals surface area contributed by atoms with Gasteiger partial charge >= 0.3 is 12.1 Å². The molecule has 1 saturated carbocycles. The predicted molar refractivity (Wildman–Crippen MR) is 105 cm³/mol. The second-order valence-corrected chi connectivity index (χ2v) is 7.36. The Morgan fingerprint density at radius 3 is 2.62 bits per heavy atom. The maximum atomic E-state index is 12.9. The fourth-order valence-electron chi connectivity index (χ4n) is 3.70. The molecule has 0 radical (unpaired) electrons. The Kier molecular flexibility index (Phi) is 7.29. The fourth-order valence-corrected chi connectivity index (χ4v) is 3.70. The van der Waals surface area contributed by atoms with Gasteiger partial charge in [-0.2, -0.15) is 13.2 Å². The zero-order valence-corrected chi connectivity index (χ0v) is 17.2. The highest BCUT2D eigenvalue weighted by molar-refractivity contribution is 5.94. The molecule has 2 aromatic heterocycles. The van der Waals surface area contributed by atoms with Crippen molar-refractivity contribution >= 4 is 11.9 Å². The van der Waals surface area contributed by atoms with Crippen LogP contribution in [0.4, 0.5) is 13.2 Å². The molecular formula is C21H22F3N3O5. The summed E-state index contributed by atoms with van der Waals surface area (Å²) in [6.45, 7) is 3.07. The van der Waals surface area contributed by atoms with Crippen LogP contribution < -0.4 is 4.74 Å². The van der Waals surface area contributed by atoms with Crippen LogP contribution in [0.25, 0.3) is 0 Å². The lowest BCUT2D eigenvalue weighted by atomic mass is 10.1. The number of hydrogen-bond donors (Lipinski definition) is 1. The molecule has 1 saturated heterocycles. The van der Waals surface area contributed by atoms with E-state index in [1.165, 1.54) is 0 Å². The number of carbonyl (C=O) groups is 2. The summed E-state index contributed by atoms with van der Waals surface area (Å²) < 4.78 is 43.7. The molecule has 0 aromatic carbocycles. The molecule has 1 aliphatic heterocycles. The number of pyridine rings is 2. The lowest BCUT2D eigenvalue weighted by Crippen LogP contribution is -2.54. The Labute approximate surface area is 182 Å². The van der Waals surface area contributed by atoms with E-state index < -0.39 is 12.1 Å². The highest BCUT2D eigenvalue weighted by Crippen LogP contribution is 2.33. The van der Waals surface area contributed by atoms with E-state index in [2.05, 4.69) is 9.97 Å². The topological polar surface area (TPSA) is 102 Å². The van der Waals surface area contributed by atoms with Crippen LogP contribution >= 0.6 is 0 Å². The van der Waals surface area contributed by atoms with Gasteiger partial charge in [0.25, 0.3) is 5.91 Å². The van der Waals surface area contributed by atoms with E-state index in [-0.39, 0.29) is 24.2 Å². The van der Waals surface area contributed by atoms with Crippen molar-refractivity contribution in [3.05, 3.63) is 54.0 Å². The molecule has 2 aliphatic rings. The van der Waals surface area contributed by atoms with E-state index in [1.54, 1.807) is 18.6 Å². The van der Waals surface area contributed by atoms with Crippen molar-refractivity contribution in [3.8, 4) is 5.88 Å². The smallest absolute Gasteiger partial charge is 0.475 e. The number of carbonyl (C=O) groups excluding carboxylic acids is 1. The van der Waals surface area contributed by atoms with Gasteiger partial charge in [0.2, 0.25) is 5.88 Å². The largest absolute Gasteiger partial charge is 0.490 e. The number of morpholine rings is 1. The van der Waals surface area contributed by atoms with Gasteiger partial charge in [-0.25, -0.2) is 9.78 Å². The van der Waals surface area contributed by atoms with Crippen molar-refractivity contribution in [2.75, 3.05) is 13.2 Å². The number of ether oxygens (including phenoxy) is 2. The molecular weight excluding hydrogens is 431 g/mol. The van der Waals surface area contributed by atoms with Crippen LogP contribution in [-0.4, -0.2) is 69.4 Å². The number of aromatic nitrogens is 2. The third-order valence-corrected chi connectivity index (χ3v) is 5.07. The molecule has 0 spiro atoms. The summed E-state index contributed by atoms with van der Waals surface area (Å²) >= 11 is 0. The van der Waals surface area contributed by atoms with Gasteiger partial charge in [0.05, 0.1) is 18.2 Å². The lowest BCUT2D eigenvalue weighted by Gasteiger charge is -2.39. The normalized spacial score (nSPS) is 22.4. The number of halogens is 3. The number of carboxylic acid groups (broad SMARTS) is 1. The SMILES string of the molecule is Cc1cncc(C(=O)N2CCO[C@H]3[C@@H](Oc4ccccn4)CC[C@@H]32)c1.O=C(O)C(F)(F)F. The van der Waals surface area contributed by atoms with Gasteiger partial charge in [-0.1, -0.05) is 6.07 Å². The van der Waals surface area contributed by atoms with Crippen LogP contribution in [0, 0.1) is 6.92 Å². The number of aliphatic carboxylic acids is 1. The van der Waals surface area contributed by atoms with Gasteiger partial charge in [-0.3, -0.25) is 9.78 Å². The molecule has 1 N–H and O–H groups in total. The first-order valence-corrected chi connectivity index (χ1v) is 9.89. The van der Waals surface area contributed by atoms with Crippen LogP contribution in [0.5, 0.6) is 5.88 Å². The van der Waals surface area contributed by atoms with Crippen LogP contribution in [0.2, 0.25) is 0 Å². The summed E-state index contributed by atoms with van der Waals surface area (Å²) in [7, 11) is 0. The lowest BCUT2D eigenvalue weighted by molar-refractivity contribution is -0.192. The van der Waals surface area contributed by atoms with Crippen LogP contribution in [-0.2, 0) is 9.53 Å². The first-order valence-electron chi connectivity index (χ1n) is 9.89. The molecule has 0 bridgehead atoms. The Morgan fingerprint density at radius 1 is 1.25 bits per heavy atom. The third kappa shape index (κ3) is 5.72. The highest BCUT2D eigenvalue weighted by atomic mass is 19.4. The summed E-state index contributed by atoms with van der Waals surface area (Å²) in [4.78, 5) is 32.1. The standard InChI is InChI=1S/C19H21N3O3.C2HF3O2/c1-13-10-14(12-20-11-13)19(23)22-8-9-24-18-15(22)5-6-16(18)25-17-4-2-3-7-21-17;3-2(4,5)1(6)7/h2-4,7,10-12,15-16,18H,5-6,8-9H2,1H3;(H,6,7)/t15-,16-,18+;/m0./s1. The van der Waals surface area contributed by atoms with Crippen molar-refractivity contribution < 1.29 is 37.3 Å². The first kappa shape index (κ1) is 23.5. The minimum absolute atomic E-state index is 0.0213. The first-order chi connectivity index (χ1) is 15.2. The van der Waals surface area contributed by atoms with Crippen molar-refractivity contribution in [2.45, 2.75) is 44.2 Å². The Hall–Kier alpha value is -3.21. The second-order valence-electron chi connectivity index (χ2n) is 7.36. The molecule has 4 rings (SSSR count). The molecule has 172 valence electrons. The monoisotopic (exact) mass is 453 g/mol. The average Bonchev–Trinajstić information content (AvgIpc) is 3.16. The van der Waals surface area contributed by atoms with Gasteiger partial charge in [-0.05, 0) is 37.5 Å². The minimum atomic E-state index is -5.08. The summed E-state index contributed by atoms with van der Waals surface area (Å²) in [5.41, 5.74) is 1.62. The number of rotatable bonds is 3. The predicted octanol–water partition coefficient (Wildman–Crippen LogP) is 2.87. The molecule has 1 amide bonds. The number of carboxylic acids is 1. The molecule has 2 aromatic rings. The van der Waals surface area contributed by atoms with Gasteiger partial charge in [0.1, 0.15) is 12.2 Å². The maximum Gasteiger partial charge on any atom is 0.490 e. The van der Waals surface area contributed by atoms with Crippen molar-refractivity contribution in [1.82, 2.24) is 14.9 Å². The molecule has 2 fully saturated rings. The minimum Gasteiger partial charge on any atom is -0.475 e. The molecule has 0 unspecified atom stereocenters. The van der Waals surface area contributed by atoms with Crippen LogP contribution in [0.1, 0.15) is 28.8 Å². The number of hydrogen-bond acceptors (Lipinski definition) is 6. The molecule has 32 heavy (non-hydrogen) atoms. The number of nitrogens with zero attached hydrogens (tertiary/aromatic N) is 3. The Balaban J connectivity index is 0.000000360. The van der Waals surface area contributed by atoms with Crippen LogP contribution in [0.15, 0.2) is 42.9 Å². The summed E-state index contributed by atoms with van der Waals surface area (Å²) in [6, 6.07) is 7.53. The highest BCUT2D eigenvalue weighted by Gasteiger charge is 2.46. The van der Waals surface area contributed by atoms with E-state index in [0.717, 1.165) is 18.4 Å². The van der Waals surface area contributed by atoms with E-state index in [9.17, 15) is 18.0 Å². The zero-order valence-electron chi connectivity index (χ0n) is 17.2. The van der Waals surface area contributed by atoms with E-state index in [1.807, 2.05) is 36.1 Å². The quantitative estimate of drug-likeness (QED) is 0.763. The average molecular weight is 453 g/mol. The molecule has 8 nitrogen and oxygen atoms in total. The molecule has 3 atom stereocenters. The number of aryl methyl sites for hydroxylation is 1. The number of alkyl halides is 3. The van der Waals surface area contributed by atoms with Crippen molar-refractivity contribution in [2.24, 2.45) is 0 Å². The van der Waals surface area contributed by atoms with Gasteiger partial charge in [-0.15, -0.1) is 0 Å². The number of fused-ring (bicyclic) bond motifs is 1. The summed E-state index contributed by atoms with van der Waals surface area (Å²) in [6.07, 6.45) is 1.55. The molecule has 3 heterocycles. The maximum absolute atomic E-state index is 12.9. The summed E-state index contributed by atoms with van der Waals surface area (Å²) in [5.74, 6) is -2.14. The van der Waals surface area contributed by atoms with E-state index in [0.29, 0.717) is 24.6 Å². The van der Waals surface area contributed by atoms with Crippen molar-refractivity contribution in [3.63, 3.8) is 0 Å². The molecule has 11 heteroatoms. The fraction of sp³-hybridized carbons (Fsp3) is 0.429. The Morgan fingerprint density at radius 2 is 2.00 bits per heavy atom. The third-order valence-electron chi connectivity index (χ3n) is 5.07. The molecule has 1 aliphatic carbocycles.